The van der Waals surface area contributed by atoms with E-state index in [1.165, 1.54) is 5.56 Å². The van der Waals surface area contributed by atoms with Crippen molar-refractivity contribution in [1.82, 2.24) is 5.32 Å². The van der Waals surface area contributed by atoms with Crippen LogP contribution in [0.25, 0.3) is 0 Å². The minimum atomic E-state index is 0. The van der Waals surface area contributed by atoms with Gasteiger partial charge in [0.2, 0.25) is 0 Å². The summed E-state index contributed by atoms with van der Waals surface area (Å²) in [5.74, 6) is 1.15. The molecule has 0 bridgehead atoms. The van der Waals surface area contributed by atoms with E-state index in [9.17, 15) is 0 Å². The van der Waals surface area contributed by atoms with Crippen LogP contribution in [-0.4, -0.2) is 13.7 Å². The SMILES string of the molecule is COc1cc(CNCCc2ccc(Cl)cc2)cc(Cl)c1OCc1ccc(Cl)cc1.Cl. The summed E-state index contributed by atoms with van der Waals surface area (Å²) < 4.78 is 11.4. The quantitative estimate of drug-likeness (QED) is 0.330. The molecule has 0 aliphatic rings. The molecular formula is C23H23Cl4NO2. The van der Waals surface area contributed by atoms with Crippen molar-refractivity contribution in [2.75, 3.05) is 13.7 Å². The van der Waals surface area contributed by atoms with Gasteiger partial charge in [0.15, 0.2) is 11.5 Å². The van der Waals surface area contributed by atoms with Gasteiger partial charge in [-0.3, -0.25) is 0 Å². The third kappa shape index (κ3) is 7.26. The van der Waals surface area contributed by atoms with Crippen LogP contribution < -0.4 is 14.8 Å². The summed E-state index contributed by atoms with van der Waals surface area (Å²) in [5.41, 5.74) is 3.27. The molecule has 0 spiro atoms. The predicted molar refractivity (Wildman–Crippen MR) is 128 cm³/mol. The first-order valence-corrected chi connectivity index (χ1v) is 10.4. The van der Waals surface area contributed by atoms with Crippen LogP contribution in [-0.2, 0) is 19.6 Å². The molecule has 160 valence electrons. The van der Waals surface area contributed by atoms with Crippen LogP contribution in [0.5, 0.6) is 11.5 Å². The molecule has 30 heavy (non-hydrogen) atoms. The predicted octanol–water partition coefficient (Wildman–Crippen LogP) is 6.99. The van der Waals surface area contributed by atoms with Gasteiger partial charge in [-0.05, 0) is 66.1 Å². The maximum absolute atomic E-state index is 6.46. The Morgan fingerprint density at radius 3 is 2.00 bits per heavy atom. The van der Waals surface area contributed by atoms with E-state index < -0.39 is 0 Å². The van der Waals surface area contributed by atoms with E-state index >= 15 is 0 Å². The standard InChI is InChI=1S/C23H22Cl3NO2.ClH/c1-28-22-13-18(14-27-11-10-16-2-6-19(24)7-3-16)12-21(26)23(22)29-15-17-4-8-20(25)9-5-17;/h2-9,12-13,27H,10-11,14-15H2,1H3;1H. The first kappa shape index (κ1) is 24.6. The summed E-state index contributed by atoms with van der Waals surface area (Å²) in [4.78, 5) is 0. The van der Waals surface area contributed by atoms with Crippen LogP contribution >= 0.6 is 47.2 Å². The number of rotatable bonds is 9. The number of nitrogens with one attached hydrogen (secondary N) is 1. The summed E-state index contributed by atoms with van der Waals surface area (Å²) in [6.45, 7) is 1.91. The second-order valence-electron chi connectivity index (χ2n) is 6.58. The largest absolute Gasteiger partial charge is 0.493 e. The molecule has 0 radical (unpaired) electrons. The smallest absolute Gasteiger partial charge is 0.180 e. The molecule has 3 rings (SSSR count). The fourth-order valence-corrected chi connectivity index (χ4v) is 3.41. The molecule has 0 saturated heterocycles. The molecule has 3 aromatic carbocycles. The number of hydrogen-bond donors (Lipinski definition) is 1. The van der Waals surface area contributed by atoms with Crippen molar-refractivity contribution in [2.45, 2.75) is 19.6 Å². The summed E-state index contributed by atoms with van der Waals surface area (Å²) in [5, 5.41) is 5.39. The number of ether oxygens (including phenoxy) is 2. The van der Waals surface area contributed by atoms with Crippen LogP contribution in [0.15, 0.2) is 60.7 Å². The van der Waals surface area contributed by atoms with Crippen LogP contribution in [0.2, 0.25) is 15.1 Å². The molecule has 0 aliphatic carbocycles. The molecule has 3 aromatic rings. The Morgan fingerprint density at radius 2 is 1.40 bits per heavy atom. The molecule has 0 unspecified atom stereocenters. The van der Waals surface area contributed by atoms with Crippen molar-refractivity contribution in [2.24, 2.45) is 0 Å². The summed E-state index contributed by atoms with van der Waals surface area (Å²) in [6, 6.07) is 19.2. The van der Waals surface area contributed by atoms with Crippen LogP contribution in [0.3, 0.4) is 0 Å². The topological polar surface area (TPSA) is 30.5 Å². The van der Waals surface area contributed by atoms with Gasteiger partial charge < -0.3 is 14.8 Å². The highest BCUT2D eigenvalue weighted by molar-refractivity contribution is 6.32. The van der Waals surface area contributed by atoms with Crippen molar-refractivity contribution in [3.63, 3.8) is 0 Å². The average Bonchev–Trinajstić information content (AvgIpc) is 2.72. The van der Waals surface area contributed by atoms with Gasteiger partial charge in [0, 0.05) is 16.6 Å². The van der Waals surface area contributed by atoms with Crippen LogP contribution in [0.1, 0.15) is 16.7 Å². The lowest BCUT2D eigenvalue weighted by Gasteiger charge is -2.15. The molecular weight excluding hydrogens is 464 g/mol. The van der Waals surface area contributed by atoms with E-state index in [1.54, 1.807) is 7.11 Å². The van der Waals surface area contributed by atoms with E-state index in [4.69, 9.17) is 44.3 Å². The van der Waals surface area contributed by atoms with Crippen molar-refractivity contribution >= 4 is 47.2 Å². The average molecular weight is 487 g/mol. The van der Waals surface area contributed by atoms with E-state index in [-0.39, 0.29) is 12.4 Å². The second-order valence-corrected chi connectivity index (χ2v) is 7.86. The molecule has 0 amide bonds. The molecule has 0 heterocycles. The molecule has 7 heteroatoms. The Kier molecular flexibility index (Phi) is 10.1. The first-order valence-electron chi connectivity index (χ1n) is 9.24. The zero-order valence-electron chi connectivity index (χ0n) is 16.5. The Hall–Kier alpha value is -1.62. The van der Waals surface area contributed by atoms with Crippen molar-refractivity contribution in [3.8, 4) is 11.5 Å². The van der Waals surface area contributed by atoms with E-state index in [0.29, 0.717) is 34.7 Å². The van der Waals surface area contributed by atoms with Gasteiger partial charge >= 0.3 is 0 Å². The highest BCUT2D eigenvalue weighted by Gasteiger charge is 2.12. The monoisotopic (exact) mass is 485 g/mol. The highest BCUT2D eigenvalue weighted by atomic mass is 35.5. The summed E-state index contributed by atoms with van der Waals surface area (Å²) in [6.07, 6.45) is 0.921. The maximum atomic E-state index is 6.46. The molecule has 0 aromatic heterocycles. The molecule has 0 saturated carbocycles. The van der Waals surface area contributed by atoms with E-state index in [1.807, 2.05) is 60.7 Å². The lowest BCUT2D eigenvalue weighted by molar-refractivity contribution is 0.284. The Labute approximate surface area is 198 Å². The number of hydrogen-bond acceptors (Lipinski definition) is 3. The first-order chi connectivity index (χ1) is 14.0. The summed E-state index contributed by atoms with van der Waals surface area (Å²) in [7, 11) is 1.61. The summed E-state index contributed by atoms with van der Waals surface area (Å²) >= 11 is 18.3. The highest BCUT2D eigenvalue weighted by Crippen LogP contribution is 2.37. The molecule has 1 N–H and O–H groups in total. The Morgan fingerprint density at radius 1 is 0.800 bits per heavy atom. The maximum Gasteiger partial charge on any atom is 0.180 e. The van der Waals surface area contributed by atoms with Crippen molar-refractivity contribution < 1.29 is 9.47 Å². The fraction of sp³-hybridized carbons (Fsp3) is 0.217. The van der Waals surface area contributed by atoms with Gasteiger partial charge in [0.25, 0.3) is 0 Å². The van der Waals surface area contributed by atoms with Crippen LogP contribution in [0.4, 0.5) is 0 Å². The number of methoxy groups -OCH3 is 1. The van der Waals surface area contributed by atoms with Gasteiger partial charge in [-0.25, -0.2) is 0 Å². The molecule has 0 fully saturated rings. The fourth-order valence-electron chi connectivity index (χ4n) is 2.87. The van der Waals surface area contributed by atoms with E-state index in [0.717, 1.165) is 29.1 Å². The van der Waals surface area contributed by atoms with Gasteiger partial charge in [-0.2, -0.15) is 0 Å². The third-order valence-corrected chi connectivity index (χ3v) is 5.20. The lowest BCUT2D eigenvalue weighted by atomic mass is 10.1. The zero-order valence-corrected chi connectivity index (χ0v) is 19.5. The number of benzene rings is 3. The Bertz CT molecular complexity index is 931. The van der Waals surface area contributed by atoms with Gasteiger partial charge in [0.05, 0.1) is 12.1 Å². The minimum absolute atomic E-state index is 0. The normalized spacial score (nSPS) is 10.4. The van der Waals surface area contributed by atoms with Crippen LogP contribution in [0, 0.1) is 0 Å². The lowest BCUT2D eigenvalue weighted by Crippen LogP contribution is -2.16. The van der Waals surface area contributed by atoms with E-state index in [2.05, 4.69) is 5.32 Å². The minimum Gasteiger partial charge on any atom is -0.493 e. The zero-order chi connectivity index (χ0) is 20.6. The number of halogens is 4. The van der Waals surface area contributed by atoms with Gasteiger partial charge in [-0.15, -0.1) is 12.4 Å². The molecule has 0 atom stereocenters. The molecule has 3 nitrogen and oxygen atoms in total. The molecule has 0 aliphatic heterocycles. The van der Waals surface area contributed by atoms with Gasteiger partial charge in [-0.1, -0.05) is 59.1 Å². The van der Waals surface area contributed by atoms with Gasteiger partial charge in [0.1, 0.15) is 6.61 Å². The second kappa shape index (κ2) is 12.3. The third-order valence-electron chi connectivity index (χ3n) is 4.42. The Balaban J connectivity index is 0.00000320. The van der Waals surface area contributed by atoms with Crippen molar-refractivity contribution in [1.29, 1.82) is 0 Å². The van der Waals surface area contributed by atoms with Crippen molar-refractivity contribution in [3.05, 3.63) is 92.4 Å².